The normalized spacial score (nSPS) is 14.1. The van der Waals surface area contributed by atoms with Gasteiger partial charge in [0, 0.05) is 36.4 Å². The van der Waals surface area contributed by atoms with E-state index < -0.39 is 0 Å². The summed E-state index contributed by atoms with van der Waals surface area (Å²) in [6, 6.07) is 7.68. The SMILES string of the molecule is C=C(C)c1cc(NC(=O)c2ccc(C)c(Nc3ncnc4c(N)nc(N5CCC(N(C)C)CC5)nc34)c2)[nH]n1. The third kappa shape index (κ3) is 5.50. The van der Waals surface area contributed by atoms with Crippen LogP contribution in [0.25, 0.3) is 16.6 Å². The average Bonchev–Trinajstić information content (AvgIpc) is 3.39. The Bertz CT molecular complexity index is 1540. The van der Waals surface area contributed by atoms with Gasteiger partial charge in [0.05, 0.1) is 5.69 Å². The van der Waals surface area contributed by atoms with Crippen molar-refractivity contribution in [2.45, 2.75) is 32.7 Å². The molecule has 0 unspecified atom stereocenters. The first kappa shape index (κ1) is 26.0. The van der Waals surface area contributed by atoms with E-state index in [0.717, 1.165) is 37.1 Å². The van der Waals surface area contributed by atoms with Crippen LogP contribution in [0.5, 0.6) is 0 Å². The number of hydrogen-bond acceptors (Lipinski definition) is 10. The predicted octanol–water partition coefficient (Wildman–Crippen LogP) is 3.59. The van der Waals surface area contributed by atoms with Crippen molar-refractivity contribution in [2.75, 3.05) is 48.5 Å². The fourth-order valence-corrected chi connectivity index (χ4v) is 4.60. The molecular weight excluding hydrogens is 494 g/mol. The molecule has 39 heavy (non-hydrogen) atoms. The van der Waals surface area contributed by atoms with Crippen LogP contribution in [0, 0.1) is 6.92 Å². The Hall–Kier alpha value is -4.58. The van der Waals surface area contributed by atoms with E-state index in [4.69, 9.17) is 10.7 Å². The molecule has 3 aromatic heterocycles. The van der Waals surface area contributed by atoms with E-state index in [0.29, 0.717) is 57.4 Å². The Balaban J connectivity index is 1.41. The number of amides is 1. The smallest absolute Gasteiger partial charge is 0.256 e. The number of piperidine rings is 1. The van der Waals surface area contributed by atoms with Crippen LogP contribution in [0.3, 0.4) is 0 Å². The molecule has 0 saturated carbocycles. The van der Waals surface area contributed by atoms with Gasteiger partial charge in [-0.2, -0.15) is 10.1 Å². The van der Waals surface area contributed by atoms with Crippen molar-refractivity contribution >= 4 is 51.6 Å². The summed E-state index contributed by atoms with van der Waals surface area (Å²) in [5, 5.41) is 13.1. The van der Waals surface area contributed by atoms with Gasteiger partial charge in [-0.05, 0) is 64.1 Å². The summed E-state index contributed by atoms with van der Waals surface area (Å²) in [4.78, 5) is 35.5. The maximum atomic E-state index is 13.0. The molecule has 1 aromatic carbocycles. The molecule has 0 aliphatic carbocycles. The molecule has 1 aliphatic rings. The second-order valence-corrected chi connectivity index (χ2v) is 10.1. The number of nitrogens with two attached hydrogens (primary N) is 1. The third-order valence-electron chi connectivity index (χ3n) is 6.99. The summed E-state index contributed by atoms with van der Waals surface area (Å²) in [7, 11) is 4.22. The summed E-state index contributed by atoms with van der Waals surface area (Å²) < 4.78 is 0. The van der Waals surface area contributed by atoms with Gasteiger partial charge in [0.25, 0.3) is 5.91 Å². The maximum Gasteiger partial charge on any atom is 0.256 e. The van der Waals surface area contributed by atoms with Gasteiger partial charge in [0.2, 0.25) is 5.95 Å². The van der Waals surface area contributed by atoms with Gasteiger partial charge >= 0.3 is 0 Å². The molecular formula is C27H33N11O. The number of allylic oxidation sites excluding steroid dienone is 1. The van der Waals surface area contributed by atoms with Gasteiger partial charge in [0.15, 0.2) is 11.6 Å². The number of H-pyrrole nitrogens is 1. The van der Waals surface area contributed by atoms with E-state index in [-0.39, 0.29) is 5.91 Å². The Morgan fingerprint density at radius 2 is 1.92 bits per heavy atom. The number of nitrogens with zero attached hydrogens (tertiary/aromatic N) is 7. The van der Waals surface area contributed by atoms with Crippen LogP contribution < -0.4 is 21.3 Å². The number of aromatic amines is 1. The lowest BCUT2D eigenvalue weighted by Crippen LogP contribution is -2.42. The first-order chi connectivity index (χ1) is 18.7. The fraction of sp³-hybridized carbons (Fsp3) is 0.333. The van der Waals surface area contributed by atoms with Gasteiger partial charge in [-0.15, -0.1) is 0 Å². The summed E-state index contributed by atoms with van der Waals surface area (Å²) >= 11 is 0. The number of carbonyl (C=O) groups is 1. The second kappa shape index (κ2) is 10.7. The minimum atomic E-state index is -0.280. The number of rotatable bonds is 7. The Kier molecular flexibility index (Phi) is 7.11. The predicted molar refractivity (Wildman–Crippen MR) is 154 cm³/mol. The summed E-state index contributed by atoms with van der Waals surface area (Å²) in [5.74, 6) is 1.56. The molecule has 1 saturated heterocycles. The van der Waals surface area contributed by atoms with Crippen molar-refractivity contribution in [2.24, 2.45) is 0 Å². The number of nitrogens with one attached hydrogen (secondary N) is 3. The molecule has 4 heterocycles. The van der Waals surface area contributed by atoms with Gasteiger partial charge in [-0.1, -0.05) is 12.6 Å². The lowest BCUT2D eigenvalue weighted by molar-refractivity contribution is 0.102. The highest BCUT2D eigenvalue weighted by molar-refractivity contribution is 6.05. The summed E-state index contributed by atoms with van der Waals surface area (Å²) in [6.07, 6.45) is 3.47. The van der Waals surface area contributed by atoms with E-state index in [2.05, 4.69) is 66.3 Å². The molecule has 5 N–H and O–H groups in total. The molecule has 1 fully saturated rings. The Morgan fingerprint density at radius 1 is 1.15 bits per heavy atom. The second-order valence-electron chi connectivity index (χ2n) is 10.1. The number of nitrogen functional groups attached to an aromatic ring is 1. The number of aryl methyl sites for hydroxylation is 1. The maximum absolute atomic E-state index is 13.0. The molecule has 202 valence electrons. The molecule has 12 nitrogen and oxygen atoms in total. The number of anilines is 5. The largest absolute Gasteiger partial charge is 0.382 e. The van der Waals surface area contributed by atoms with Crippen LogP contribution in [-0.4, -0.2) is 74.2 Å². The Morgan fingerprint density at radius 3 is 2.62 bits per heavy atom. The van der Waals surface area contributed by atoms with Crippen LogP contribution >= 0.6 is 0 Å². The lowest BCUT2D eigenvalue weighted by atomic mass is 10.0. The zero-order valence-electron chi connectivity index (χ0n) is 22.6. The van der Waals surface area contributed by atoms with Gasteiger partial charge < -0.3 is 26.2 Å². The van der Waals surface area contributed by atoms with Crippen molar-refractivity contribution in [1.82, 2.24) is 35.0 Å². The molecule has 0 radical (unpaired) electrons. The number of aromatic nitrogens is 6. The standard InChI is InChI=1S/C27H33N11O/c1-15(2)19-13-21(36-35-19)32-26(39)17-7-6-16(3)20(12-17)31-25-23-22(29-14-30-25)24(28)34-27(33-23)38-10-8-18(9-11-38)37(4)5/h6-7,12-14,18H,1,8-11H2,2-5H3,(H2,28,33,34)(H,29,30,31)(H2,32,35,36,39). The van der Waals surface area contributed by atoms with E-state index in [1.807, 2.05) is 19.9 Å². The molecule has 0 atom stereocenters. The average molecular weight is 528 g/mol. The molecule has 0 spiro atoms. The van der Waals surface area contributed by atoms with Gasteiger partial charge in [0.1, 0.15) is 23.2 Å². The molecule has 1 amide bonds. The Labute approximate surface area is 226 Å². The zero-order valence-corrected chi connectivity index (χ0v) is 22.6. The molecule has 12 heteroatoms. The highest BCUT2D eigenvalue weighted by Crippen LogP contribution is 2.29. The fourth-order valence-electron chi connectivity index (χ4n) is 4.60. The number of fused-ring (bicyclic) bond motifs is 1. The van der Waals surface area contributed by atoms with Gasteiger partial charge in [-0.3, -0.25) is 9.89 Å². The highest BCUT2D eigenvalue weighted by Gasteiger charge is 2.24. The van der Waals surface area contributed by atoms with Crippen LogP contribution in [0.2, 0.25) is 0 Å². The first-order valence-corrected chi connectivity index (χ1v) is 12.8. The number of hydrogen-bond donors (Lipinski definition) is 4. The molecule has 5 rings (SSSR count). The quantitative estimate of drug-likeness (QED) is 0.280. The summed E-state index contributed by atoms with van der Waals surface area (Å²) in [6.45, 7) is 9.35. The third-order valence-corrected chi connectivity index (χ3v) is 6.99. The van der Waals surface area contributed by atoms with Crippen molar-refractivity contribution in [3.05, 3.63) is 54.0 Å². The van der Waals surface area contributed by atoms with E-state index in [9.17, 15) is 4.79 Å². The zero-order chi connectivity index (χ0) is 27.7. The molecule has 4 aromatic rings. The summed E-state index contributed by atoms with van der Waals surface area (Å²) in [5.41, 5.74) is 10.9. The van der Waals surface area contributed by atoms with Crippen LogP contribution in [0.4, 0.5) is 29.1 Å². The van der Waals surface area contributed by atoms with Gasteiger partial charge in [-0.25, -0.2) is 15.0 Å². The monoisotopic (exact) mass is 527 g/mol. The lowest BCUT2D eigenvalue weighted by Gasteiger charge is -2.35. The molecule has 1 aliphatic heterocycles. The topological polar surface area (TPSA) is 154 Å². The highest BCUT2D eigenvalue weighted by atomic mass is 16.1. The van der Waals surface area contributed by atoms with Crippen LogP contribution in [0.15, 0.2) is 37.2 Å². The van der Waals surface area contributed by atoms with E-state index in [1.54, 1.807) is 18.2 Å². The first-order valence-electron chi connectivity index (χ1n) is 12.8. The van der Waals surface area contributed by atoms with Crippen molar-refractivity contribution in [3.63, 3.8) is 0 Å². The minimum absolute atomic E-state index is 0.280. The van der Waals surface area contributed by atoms with Crippen molar-refractivity contribution < 1.29 is 4.79 Å². The van der Waals surface area contributed by atoms with Crippen molar-refractivity contribution in [1.29, 1.82) is 0 Å². The van der Waals surface area contributed by atoms with Crippen LogP contribution in [-0.2, 0) is 0 Å². The molecule has 0 bridgehead atoms. The number of carbonyl (C=O) groups excluding carboxylic acids is 1. The number of benzene rings is 1. The van der Waals surface area contributed by atoms with E-state index in [1.165, 1.54) is 6.33 Å². The van der Waals surface area contributed by atoms with Crippen molar-refractivity contribution in [3.8, 4) is 0 Å². The van der Waals surface area contributed by atoms with E-state index >= 15 is 0 Å². The minimum Gasteiger partial charge on any atom is -0.382 e. The van der Waals surface area contributed by atoms with Crippen LogP contribution in [0.1, 0.15) is 41.4 Å².